The lowest BCUT2D eigenvalue weighted by molar-refractivity contribution is -0.115. The van der Waals surface area contributed by atoms with Gasteiger partial charge in [-0.15, -0.1) is 11.3 Å². The maximum atomic E-state index is 12.5. The molecule has 0 aliphatic heterocycles. The summed E-state index contributed by atoms with van der Waals surface area (Å²) in [6, 6.07) is 7.20. The van der Waals surface area contributed by atoms with Crippen molar-refractivity contribution in [2.75, 3.05) is 25.1 Å². The first kappa shape index (κ1) is 22.4. The number of carbonyl (C=O) groups excluding carboxylic acids is 3. The van der Waals surface area contributed by atoms with Crippen LogP contribution in [0, 0.1) is 6.92 Å². The topological polar surface area (TPSA) is 90.9 Å². The summed E-state index contributed by atoms with van der Waals surface area (Å²) in [7, 11) is 0. The van der Waals surface area contributed by atoms with Crippen LogP contribution < -0.4 is 10.1 Å². The highest BCUT2D eigenvalue weighted by Crippen LogP contribution is 2.34. The van der Waals surface area contributed by atoms with E-state index in [2.05, 4.69) is 5.32 Å². The summed E-state index contributed by atoms with van der Waals surface area (Å²) < 4.78 is 15.5. The molecule has 0 spiro atoms. The van der Waals surface area contributed by atoms with Crippen LogP contribution in [0.5, 0.6) is 5.75 Å². The third-order valence-corrected chi connectivity index (χ3v) is 5.13. The van der Waals surface area contributed by atoms with E-state index in [1.54, 1.807) is 45.0 Å². The lowest BCUT2D eigenvalue weighted by Crippen LogP contribution is -2.16. The molecule has 1 heterocycles. The van der Waals surface area contributed by atoms with Crippen LogP contribution in [0.3, 0.4) is 0 Å². The van der Waals surface area contributed by atoms with Gasteiger partial charge in [0.15, 0.2) is 0 Å². The third kappa shape index (κ3) is 5.80. The minimum Gasteiger partial charge on any atom is -0.494 e. The van der Waals surface area contributed by atoms with E-state index in [0.717, 1.165) is 22.6 Å². The number of esters is 2. The molecule has 7 nitrogen and oxygen atoms in total. The summed E-state index contributed by atoms with van der Waals surface area (Å²) in [5.41, 5.74) is 1.41. The maximum absolute atomic E-state index is 12.5. The van der Waals surface area contributed by atoms with Gasteiger partial charge in [0.2, 0.25) is 5.91 Å². The molecule has 0 saturated heterocycles. The molecule has 29 heavy (non-hydrogen) atoms. The molecule has 2 rings (SSSR count). The van der Waals surface area contributed by atoms with Crippen molar-refractivity contribution >= 4 is 34.2 Å². The fourth-order valence-corrected chi connectivity index (χ4v) is 3.77. The smallest absolute Gasteiger partial charge is 0.348 e. The van der Waals surface area contributed by atoms with Crippen molar-refractivity contribution in [2.24, 2.45) is 0 Å². The van der Waals surface area contributed by atoms with E-state index in [-0.39, 0.29) is 41.0 Å². The average molecular weight is 419 g/mol. The summed E-state index contributed by atoms with van der Waals surface area (Å²) in [5, 5.41) is 3.01. The molecule has 8 heteroatoms. The van der Waals surface area contributed by atoms with Crippen LogP contribution in [0.25, 0.3) is 0 Å². The van der Waals surface area contributed by atoms with Crippen molar-refractivity contribution in [1.29, 1.82) is 0 Å². The largest absolute Gasteiger partial charge is 0.494 e. The molecular weight excluding hydrogens is 394 g/mol. The molecule has 1 N–H and O–H groups in total. The molecule has 1 amide bonds. The number of rotatable bonds is 9. The SMILES string of the molecule is CCOC(=O)c1sc(NC(=O)Cc2ccc(OCC)cc2)c(C(=O)OCC)c1C. The molecule has 1 aromatic carbocycles. The van der Waals surface area contributed by atoms with Gasteiger partial charge in [-0.3, -0.25) is 4.79 Å². The molecule has 0 aliphatic carbocycles. The second kappa shape index (κ2) is 10.6. The lowest BCUT2D eigenvalue weighted by atomic mass is 10.1. The zero-order valence-corrected chi connectivity index (χ0v) is 17.8. The highest BCUT2D eigenvalue weighted by Gasteiger charge is 2.27. The van der Waals surface area contributed by atoms with E-state index in [0.29, 0.717) is 12.2 Å². The molecule has 0 aliphatic rings. The van der Waals surface area contributed by atoms with Gasteiger partial charge in [0.05, 0.1) is 31.8 Å². The molecule has 156 valence electrons. The van der Waals surface area contributed by atoms with Crippen molar-refractivity contribution in [3.8, 4) is 5.75 Å². The molecular formula is C21H25NO6S. The van der Waals surface area contributed by atoms with E-state index in [9.17, 15) is 14.4 Å². The predicted octanol–water partition coefficient (Wildman–Crippen LogP) is 3.99. The Morgan fingerprint density at radius 2 is 1.55 bits per heavy atom. The molecule has 0 bridgehead atoms. The highest BCUT2D eigenvalue weighted by atomic mass is 32.1. The molecule has 0 atom stereocenters. The Morgan fingerprint density at radius 3 is 2.14 bits per heavy atom. The predicted molar refractivity (Wildman–Crippen MR) is 111 cm³/mol. The number of thiophene rings is 1. The van der Waals surface area contributed by atoms with Crippen molar-refractivity contribution in [2.45, 2.75) is 34.1 Å². The van der Waals surface area contributed by atoms with E-state index in [1.165, 1.54) is 0 Å². The Balaban J connectivity index is 2.22. The number of amides is 1. The second-order valence-electron chi connectivity index (χ2n) is 6.00. The Kier molecular flexibility index (Phi) is 8.21. The van der Waals surface area contributed by atoms with Gasteiger partial charge in [-0.05, 0) is 51.0 Å². The van der Waals surface area contributed by atoms with Crippen LogP contribution in [0.15, 0.2) is 24.3 Å². The molecule has 0 unspecified atom stereocenters. The van der Waals surface area contributed by atoms with E-state index >= 15 is 0 Å². The number of benzene rings is 1. The van der Waals surface area contributed by atoms with Crippen molar-refractivity contribution in [3.63, 3.8) is 0 Å². The minimum atomic E-state index is -0.590. The molecule has 0 saturated carbocycles. The standard InChI is InChI=1S/C21H25NO6S/c1-5-26-15-10-8-14(9-11-15)12-16(23)22-19-17(20(24)27-6-2)13(4)18(29-19)21(25)28-7-3/h8-11H,5-7,12H2,1-4H3,(H,22,23). The monoisotopic (exact) mass is 419 g/mol. The van der Waals surface area contributed by atoms with Crippen LogP contribution in [0.4, 0.5) is 5.00 Å². The Bertz CT molecular complexity index is 872. The third-order valence-electron chi connectivity index (χ3n) is 3.94. The Morgan fingerprint density at radius 1 is 0.931 bits per heavy atom. The fourth-order valence-electron chi connectivity index (χ4n) is 2.67. The van der Waals surface area contributed by atoms with Crippen molar-refractivity contribution < 1.29 is 28.6 Å². The van der Waals surface area contributed by atoms with Gasteiger partial charge < -0.3 is 19.5 Å². The summed E-state index contributed by atoms with van der Waals surface area (Å²) in [6.45, 7) is 7.89. The molecule has 0 radical (unpaired) electrons. The number of hydrogen-bond donors (Lipinski definition) is 1. The summed E-state index contributed by atoms with van der Waals surface area (Å²) in [5.74, 6) is -0.702. The first-order valence-electron chi connectivity index (χ1n) is 9.40. The quantitative estimate of drug-likeness (QED) is 0.618. The zero-order valence-electron chi connectivity index (χ0n) is 17.0. The van der Waals surface area contributed by atoms with Gasteiger partial charge in [0.1, 0.15) is 15.6 Å². The number of carbonyl (C=O) groups is 3. The van der Waals surface area contributed by atoms with Crippen LogP contribution in [0.1, 0.15) is 51.9 Å². The van der Waals surface area contributed by atoms with E-state index in [4.69, 9.17) is 14.2 Å². The van der Waals surface area contributed by atoms with Crippen LogP contribution >= 0.6 is 11.3 Å². The highest BCUT2D eigenvalue weighted by molar-refractivity contribution is 7.18. The number of hydrogen-bond acceptors (Lipinski definition) is 7. The number of anilines is 1. The minimum absolute atomic E-state index is 0.111. The molecule has 2 aromatic rings. The zero-order chi connectivity index (χ0) is 21.4. The van der Waals surface area contributed by atoms with Crippen LogP contribution in [-0.2, 0) is 20.7 Å². The van der Waals surface area contributed by atoms with Crippen LogP contribution in [0.2, 0.25) is 0 Å². The Hall–Kier alpha value is -2.87. The van der Waals surface area contributed by atoms with Crippen molar-refractivity contribution in [3.05, 3.63) is 45.8 Å². The number of ether oxygens (including phenoxy) is 3. The normalized spacial score (nSPS) is 10.3. The van der Waals surface area contributed by atoms with Gasteiger partial charge >= 0.3 is 11.9 Å². The fraction of sp³-hybridized carbons (Fsp3) is 0.381. The summed E-state index contributed by atoms with van der Waals surface area (Å²) >= 11 is 1.01. The maximum Gasteiger partial charge on any atom is 0.348 e. The van der Waals surface area contributed by atoms with Gasteiger partial charge in [0, 0.05) is 0 Å². The average Bonchev–Trinajstić information content (AvgIpc) is 3.00. The lowest BCUT2D eigenvalue weighted by Gasteiger charge is -2.08. The van der Waals surface area contributed by atoms with Gasteiger partial charge in [0.25, 0.3) is 0 Å². The Labute approximate surface area is 174 Å². The van der Waals surface area contributed by atoms with Crippen molar-refractivity contribution in [1.82, 2.24) is 0 Å². The molecule has 1 aromatic heterocycles. The number of nitrogens with one attached hydrogen (secondary N) is 1. The molecule has 0 fully saturated rings. The van der Waals surface area contributed by atoms with Gasteiger partial charge in [-0.1, -0.05) is 12.1 Å². The van der Waals surface area contributed by atoms with E-state index < -0.39 is 11.9 Å². The van der Waals surface area contributed by atoms with Gasteiger partial charge in [-0.2, -0.15) is 0 Å². The summed E-state index contributed by atoms with van der Waals surface area (Å²) in [4.78, 5) is 37.4. The first-order chi connectivity index (χ1) is 13.9. The second-order valence-corrected chi connectivity index (χ2v) is 7.02. The van der Waals surface area contributed by atoms with Gasteiger partial charge in [-0.25, -0.2) is 9.59 Å². The first-order valence-corrected chi connectivity index (χ1v) is 10.2. The van der Waals surface area contributed by atoms with Crippen LogP contribution in [-0.4, -0.2) is 37.7 Å². The van der Waals surface area contributed by atoms with E-state index in [1.807, 2.05) is 6.92 Å². The summed E-state index contributed by atoms with van der Waals surface area (Å²) in [6.07, 6.45) is 0.111.